The van der Waals surface area contributed by atoms with Gasteiger partial charge in [0.2, 0.25) is 5.95 Å². The van der Waals surface area contributed by atoms with E-state index in [1.54, 1.807) is 0 Å². The van der Waals surface area contributed by atoms with Gasteiger partial charge in [0.15, 0.2) is 0 Å². The third-order valence-electron chi connectivity index (χ3n) is 12.5. The number of anilines is 2. The number of nitrogens with zero attached hydrogens (tertiary/aromatic N) is 4. The van der Waals surface area contributed by atoms with Gasteiger partial charge in [-0.2, -0.15) is 0 Å². The Balaban J connectivity index is 0.979. The van der Waals surface area contributed by atoms with Crippen LogP contribution in [0.1, 0.15) is 34.9 Å². The first-order chi connectivity index (χ1) is 28.8. The van der Waals surface area contributed by atoms with Crippen molar-refractivity contribution in [3.8, 4) is 17.2 Å². The quantitative estimate of drug-likeness (QED) is 0.176. The van der Waals surface area contributed by atoms with Gasteiger partial charge in [-0.1, -0.05) is 158 Å². The molecule has 4 nitrogen and oxygen atoms in total. The number of fused-ring (bicyclic) bond motifs is 9. The van der Waals surface area contributed by atoms with Crippen LogP contribution in [0.5, 0.6) is 0 Å². The number of hydrogen-bond acceptors (Lipinski definition) is 3. The first-order valence-corrected chi connectivity index (χ1v) is 20.3. The molecule has 0 radical (unpaired) electrons. The van der Waals surface area contributed by atoms with Crippen molar-refractivity contribution in [2.45, 2.75) is 24.3 Å². The minimum atomic E-state index is 0.169. The number of para-hydroxylation sites is 2. The molecule has 2 aliphatic carbocycles. The molecule has 7 aromatic carbocycles. The van der Waals surface area contributed by atoms with Crippen molar-refractivity contribution in [3.63, 3.8) is 0 Å². The van der Waals surface area contributed by atoms with E-state index in [2.05, 4.69) is 204 Å². The third kappa shape index (κ3) is 5.15. The van der Waals surface area contributed by atoms with Crippen LogP contribution in [-0.4, -0.2) is 20.6 Å². The monoisotopic (exact) mass is 742 g/mol. The molecule has 0 saturated carbocycles. The molecule has 3 heterocycles. The first kappa shape index (κ1) is 32.9. The van der Waals surface area contributed by atoms with E-state index in [1.165, 1.54) is 55.2 Å². The molecule has 12 rings (SSSR count). The molecule has 0 amide bonds. The SMILES string of the molecule is C1=CCC(c2ccc(N3c4ccc5ccccc5c4C4C=C(c5ccc6c(c5)c5ccccc5n6-c5nc(-c6ccccc6)c6ccccc6n5)C=CC43)cc2)C=C1. The van der Waals surface area contributed by atoms with Crippen LogP contribution in [0.2, 0.25) is 0 Å². The zero-order valence-electron chi connectivity index (χ0n) is 31.8. The van der Waals surface area contributed by atoms with Crippen LogP contribution in [0.4, 0.5) is 11.4 Å². The molecule has 3 aliphatic rings. The fourth-order valence-corrected chi connectivity index (χ4v) is 9.74. The maximum Gasteiger partial charge on any atom is 0.235 e. The van der Waals surface area contributed by atoms with Crippen molar-refractivity contribution in [1.29, 1.82) is 0 Å². The van der Waals surface area contributed by atoms with Crippen LogP contribution in [0, 0.1) is 0 Å². The zero-order valence-corrected chi connectivity index (χ0v) is 31.8. The van der Waals surface area contributed by atoms with Crippen molar-refractivity contribution in [2.75, 3.05) is 4.90 Å². The molecule has 0 bridgehead atoms. The van der Waals surface area contributed by atoms with Crippen LogP contribution >= 0.6 is 0 Å². The molecule has 274 valence electrons. The van der Waals surface area contributed by atoms with Gasteiger partial charge in [0.05, 0.1) is 28.3 Å². The lowest BCUT2D eigenvalue weighted by Crippen LogP contribution is -2.29. The van der Waals surface area contributed by atoms with Crippen LogP contribution in [0.3, 0.4) is 0 Å². The minimum absolute atomic E-state index is 0.169. The smallest absolute Gasteiger partial charge is 0.235 e. The predicted octanol–water partition coefficient (Wildman–Crippen LogP) is 13.4. The first-order valence-electron chi connectivity index (χ1n) is 20.3. The summed E-state index contributed by atoms with van der Waals surface area (Å²) in [6, 6.07) is 57.2. The molecular formula is C54H38N4. The second kappa shape index (κ2) is 13.1. The van der Waals surface area contributed by atoms with Crippen LogP contribution in [-0.2, 0) is 0 Å². The highest BCUT2D eigenvalue weighted by Crippen LogP contribution is 2.52. The highest BCUT2D eigenvalue weighted by molar-refractivity contribution is 6.10. The summed E-state index contributed by atoms with van der Waals surface area (Å²) < 4.78 is 2.23. The maximum absolute atomic E-state index is 5.29. The lowest BCUT2D eigenvalue weighted by atomic mass is 9.84. The van der Waals surface area contributed by atoms with Crippen LogP contribution in [0.15, 0.2) is 200 Å². The van der Waals surface area contributed by atoms with E-state index in [1.807, 2.05) is 6.07 Å². The molecule has 1 aliphatic heterocycles. The van der Waals surface area contributed by atoms with E-state index in [9.17, 15) is 0 Å². The molecule has 0 spiro atoms. The van der Waals surface area contributed by atoms with Crippen molar-refractivity contribution in [1.82, 2.24) is 14.5 Å². The lowest BCUT2D eigenvalue weighted by molar-refractivity contribution is 0.749. The molecule has 0 N–H and O–H groups in total. The number of hydrogen-bond donors (Lipinski definition) is 0. The molecule has 9 aromatic rings. The highest BCUT2D eigenvalue weighted by Gasteiger charge is 2.39. The molecule has 4 heteroatoms. The van der Waals surface area contributed by atoms with E-state index in [4.69, 9.17) is 9.97 Å². The molecule has 0 fully saturated rings. The van der Waals surface area contributed by atoms with Gasteiger partial charge in [0.1, 0.15) is 0 Å². The van der Waals surface area contributed by atoms with Crippen LogP contribution in [0.25, 0.3) is 66.3 Å². The Kier molecular flexibility index (Phi) is 7.45. The average molecular weight is 743 g/mol. The Bertz CT molecular complexity index is 3220. The van der Waals surface area contributed by atoms with Gasteiger partial charge < -0.3 is 4.90 Å². The maximum atomic E-state index is 5.29. The largest absolute Gasteiger partial charge is 0.333 e. The van der Waals surface area contributed by atoms with Gasteiger partial charge in [0.25, 0.3) is 0 Å². The van der Waals surface area contributed by atoms with Gasteiger partial charge in [-0.15, -0.1) is 0 Å². The van der Waals surface area contributed by atoms with E-state index in [0.29, 0.717) is 11.9 Å². The molecule has 3 atom stereocenters. The second-order valence-electron chi connectivity index (χ2n) is 15.7. The van der Waals surface area contributed by atoms with Gasteiger partial charge in [0, 0.05) is 44.9 Å². The molecule has 2 aromatic heterocycles. The summed E-state index contributed by atoms with van der Waals surface area (Å²) in [6.45, 7) is 0. The van der Waals surface area contributed by atoms with Crippen LogP contribution < -0.4 is 4.90 Å². The van der Waals surface area contributed by atoms with Crippen molar-refractivity contribution >= 4 is 60.4 Å². The minimum Gasteiger partial charge on any atom is -0.333 e. The Labute approximate surface area is 337 Å². The van der Waals surface area contributed by atoms with Crippen molar-refractivity contribution < 1.29 is 0 Å². The van der Waals surface area contributed by atoms with Gasteiger partial charge in [-0.05, 0) is 81.9 Å². The second-order valence-corrected chi connectivity index (χ2v) is 15.7. The summed E-state index contributed by atoms with van der Waals surface area (Å²) in [4.78, 5) is 13.0. The summed E-state index contributed by atoms with van der Waals surface area (Å²) in [5.41, 5.74) is 12.8. The van der Waals surface area contributed by atoms with E-state index in [0.717, 1.165) is 39.6 Å². The normalized spacial score (nSPS) is 18.3. The number of allylic oxidation sites excluding steroid dienone is 6. The number of aromatic nitrogens is 3. The van der Waals surface area contributed by atoms with Crippen molar-refractivity contribution in [3.05, 3.63) is 217 Å². The molecule has 58 heavy (non-hydrogen) atoms. The summed E-state index contributed by atoms with van der Waals surface area (Å²) in [5.74, 6) is 1.29. The fourth-order valence-electron chi connectivity index (χ4n) is 9.74. The van der Waals surface area contributed by atoms with Crippen molar-refractivity contribution in [2.24, 2.45) is 0 Å². The van der Waals surface area contributed by atoms with Gasteiger partial charge >= 0.3 is 0 Å². The Morgan fingerprint density at radius 3 is 2.21 bits per heavy atom. The highest BCUT2D eigenvalue weighted by atomic mass is 15.2. The van der Waals surface area contributed by atoms with E-state index >= 15 is 0 Å². The zero-order chi connectivity index (χ0) is 38.2. The molecule has 3 unspecified atom stereocenters. The molecule has 0 saturated heterocycles. The average Bonchev–Trinajstić information content (AvgIpc) is 3.82. The molecular weight excluding hydrogens is 705 g/mol. The Morgan fingerprint density at radius 2 is 1.34 bits per heavy atom. The summed E-state index contributed by atoms with van der Waals surface area (Å²) in [6.07, 6.45) is 17.2. The summed E-state index contributed by atoms with van der Waals surface area (Å²) in [5, 5.41) is 6.01. The summed E-state index contributed by atoms with van der Waals surface area (Å²) in [7, 11) is 0. The fraction of sp³-hybridized carbons (Fsp3) is 0.0741. The predicted molar refractivity (Wildman–Crippen MR) is 241 cm³/mol. The Morgan fingerprint density at radius 1 is 0.569 bits per heavy atom. The third-order valence-corrected chi connectivity index (χ3v) is 12.5. The van der Waals surface area contributed by atoms with E-state index < -0.39 is 0 Å². The lowest BCUT2D eigenvalue weighted by Gasteiger charge is -2.30. The standard InChI is InChI=1S/C54H38N4/c1-3-13-35(14-4-1)36-23-28-41(29-24-36)57-50-31-27-40(34-46(50)52-42-18-8-7-15-37(42)25-32-51(52)57)39-26-30-49-45(33-39)43-19-10-12-22-48(43)58(49)54-55-47-21-11-9-20-44(47)53(56-54)38-16-5-2-6-17-38/h1-13,15-35,46,50H,14H2. The number of rotatable bonds is 5. The van der Waals surface area contributed by atoms with E-state index in [-0.39, 0.29) is 12.0 Å². The number of benzene rings is 7. The van der Waals surface area contributed by atoms with Gasteiger partial charge in [-0.25, -0.2) is 9.97 Å². The summed E-state index contributed by atoms with van der Waals surface area (Å²) >= 11 is 0. The van der Waals surface area contributed by atoms with Gasteiger partial charge in [-0.3, -0.25) is 4.57 Å². The Hall–Kier alpha value is -7.30. The topological polar surface area (TPSA) is 34.0 Å².